The first-order valence-electron chi connectivity index (χ1n) is 9.38. The fourth-order valence-corrected chi connectivity index (χ4v) is 4.46. The predicted molar refractivity (Wildman–Crippen MR) is 90.6 cm³/mol. The number of ether oxygens (including phenoxy) is 1. The molecule has 0 amide bonds. The molecule has 1 aliphatic carbocycles. The minimum absolute atomic E-state index is 0.442. The van der Waals surface area contributed by atoms with Gasteiger partial charge in [0.15, 0.2) is 0 Å². The maximum Gasteiger partial charge on any atom is 0.0576 e. The first-order valence-corrected chi connectivity index (χ1v) is 9.38. The molecule has 4 unspecified atom stereocenters. The lowest BCUT2D eigenvalue weighted by atomic mass is 9.64. The van der Waals surface area contributed by atoms with Gasteiger partial charge < -0.3 is 10.1 Å². The van der Waals surface area contributed by atoms with Gasteiger partial charge >= 0.3 is 0 Å². The second-order valence-corrected chi connectivity index (χ2v) is 8.25. The Labute approximate surface area is 132 Å². The van der Waals surface area contributed by atoms with Gasteiger partial charge in [0.25, 0.3) is 0 Å². The van der Waals surface area contributed by atoms with Crippen molar-refractivity contribution in [1.82, 2.24) is 5.32 Å². The Hall–Kier alpha value is -0.0800. The normalized spacial score (nSPS) is 34.3. The molecular formula is C19H37NO. The van der Waals surface area contributed by atoms with E-state index >= 15 is 0 Å². The summed E-state index contributed by atoms with van der Waals surface area (Å²) in [5.41, 5.74) is 0.442. The Bertz CT molecular complexity index is 296. The zero-order valence-electron chi connectivity index (χ0n) is 14.8. The van der Waals surface area contributed by atoms with Crippen LogP contribution in [0.4, 0.5) is 0 Å². The first kappa shape index (κ1) is 17.3. The van der Waals surface area contributed by atoms with E-state index in [2.05, 4.69) is 33.0 Å². The molecule has 1 saturated heterocycles. The van der Waals surface area contributed by atoms with Gasteiger partial charge in [-0.25, -0.2) is 0 Å². The van der Waals surface area contributed by atoms with Crippen LogP contribution in [-0.4, -0.2) is 25.3 Å². The Morgan fingerprint density at radius 3 is 2.67 bits per heavy atom. The van der Waals surface area contributed by atoms with Crippen molar-refractivity contribution in [1.29, 1.82) is 0 Å². The van der Waals surface area contributed by atoms with E-state index in [1.165, 1.54) is 57.9 Å². The third kappa shape index (κ3) is 4.96. The monoisotopic (exact) mass is 295 g/mol. The van der Waals surface area contributed by atoms with Gasteiger partial charge in [0.1, 0.15) is 0 Å². The highest BCUT2D eigenvalue weighted by Gasteiger charge is 2.38. The van der Waals surface area contributed by atoms with E-state index in [9.17, 15) is 0 Å². The average Bonchev–Trinajstić information content (AvgIpc) is 2.96. The lowest BCUT2D eigenvalue weighted by Gasteiger charge is -2.45. The summed E-state index contributed by atoms with van der Waals surface area (Å²) in [7, 11) is 0. The third-order valence-electron chi connectivity index (χ3n) is 5.91. The molecule has 1 saturated carbocycles. The van der Waals surface area contributed by atoms with Crippen molar-refractivity contribution in [3.05, 3.63) is 0 Å². The van der Waals surface area contributed by atoms with Crippen molar-refractivity contribution in [2.24, 2.45) is 17.3 Å². The molecule has 0 spiro atoms. The molecule has 4 atom stereocenters. The van der Waals surface area contributed by atoms with Gasteiger partial charge in [-0.05, 0) is 68.7 Å². The minimum Gasteiger partial charge on any atom is -0.378 e. The van der Waals surface area contributed by atoms with Crippen LogP contribution in [-0.2, 0) is 4.74 Å². The van der Waals surface area contributed by atoms with Gasteiger partial charge in [0, 0.05) is 12.6 Å². The zero-order chi connectivity index (χ0) is 15.3. The van der Waals surface area contributed by atoms with Crippen LogP contribution >= 0.6 is 0 Å². The molecule has 0 aromatic rings. The maximum absolute atomic E-state index is 5.83. The summed E-state index contributed by atoms with van der Waals surface area (Å²) < 4.78 is 5.83. The predicted octanol–water partition coefficient (Wildman–Crippen LogP) is 4.78. The second-order valence-electron chi connectivity index (χ2n) is 8.25. The highest BCUT2D eigenvalue weighted by atomic mass is 16.5. The average molecular weight is 296 g/mol. The van der Waals surface area contributed by atoms with Crippen LogP contribution in [0.1, 0.15) is 79.1 Å². The SMILES string of the molecule is CCCNC1CC(C)CCC1C(C)(C)CCC1CCCO1. The summed E-state index contributed by atoms with van der Waals surface area (Å²) in [5.74, 6) is 1.73. The van der Waals surface area contributed by atoms with Crippen LogP contribution in [0.15, 0.2) is 0 Å². The Kier molecular flexibility index (Phi) is 6.55. The maximum atomic E-state index is 5.83. The molecule has 21 heavy (non-hydrogen) atoms. The number of rotatable bonds is 7. The van der Waals surface area contributed by atoms with Crippen LogP contribution in [0.25, 0.3) is 0 Å². The van der Waals surface area contributed by atoms with E-state index in [-0.39, 0.29) is 0 Å². The van der Waals surface area contributed by atoms with Crippen LogP contribution in [0.5, 0.6) is 0 Å². The topological polar surface area (TPSA) is 21.3 Å². The number of hydrogen-bond acceptors (Lipinski definition) is 2. The summed E-state index contributed by atoms with van der Waals surface area (Å²) in [6.07, 6.45) is 11.1. The Morgan fingerprint density at radius 2 is 2.00 bits per heavy atom. The van der Waals surface area contributed by atoms with E-state index in [1.54, 1.807) is 0 Å². The fraction of sp³-hybridized carbons (Fsp3) is 1.00. The van der Waals surface area contributed by atoms with Gasteiger partial charge in [0.2, 0.25) is 0 Å². The molecule has 1 aliphatic heterocycles. The molecule has 0 aromatic carbocycles. The largest absolute Gasteiger partial charge is 0.378 e. The van der Waals surface area contributed by atoms with Gasteiger partial charge in [-0.3, -0.25) is 0 Å². The molecule has 2 aliphatic rings. The lowest BCUT2D eigenvalue weighted by molar-refractivity contribution is 0.0538. The van der Waals surface area contributed by atoms with Crippen molar-refractivity contribution in [3.8, 4) is 0 Å². The van der Waals surface area contributed by atoms with Gasteiger partial charge in [0.05, 0.1) is 6.10 Å². The minimum atomic E-state index is 0.442. The summed E-state index contributed by atoms with van der Waals surface area (Å²) >= 11 is 0. The van der Waals surface area contributed by atoms with Crippen LogP contribution in [0.2, 0.25) is 0 Å². The van der Waals surface area contributed by atoms with Crippen LogP contribution < -0.4 is 5.32 Å². The van der Waals surface area contributed by atoms with Crippen molar-refractivity contribution < 1.29 is 4.74 Å². The van der Waals surface area contributed by atoms with Crippen molar-refractivity contribution >= 4 is 0 Å². The standard InChI is InChI=1S/C19H37NO/c1-5-12-20-18-14-15(2)8-9-17(18)19(3,4)11-10-16-7-6-13-21-16/h15-18,20H,5-14H2,1-4H3. The van der Waals surface area contributed by atoms with E-state index < -0.39 is 0 Å². The molecule has 124 valence electrons. The molecule has 1 N–H and O–H groups in total. The molecule has 0 radical (unpaired) electrons. The lowest BCUT2D eigenvalue weighted by Crippen LogP contribution is -2.47. The second kappa shape index (κ2) is 7.97. The van der Waals surface area contributed by atoms with Crippen molar-refractivity contribution in [3.63, 3.8) is 0 Å². The van der Waals surface area contributed by atoms with E-state index in [0.717, 1.165) is 24.5 Å². The molecule has 2 rings (SSSR count). The Balaban J connectivity index is 1.90. The molecule has 2 fully saturated rings. The van der Waals surface area contributed by atoms with Gasteiger partial charge in [-0.1, -0.05) is 34.1 Å². The van der Waals surface area contributed by atoms with Crippen LogP contribution in [0, 0.1) is 17.3 Å². The van der Waals surface area contributed by atoms with Gasteiger partial charge in [-0.15, -0.1) is 0 Å². The molecule has 2 heteroatoms. The fourth-order valence-electron chi connectivity index (χ4n) is 4.46. The molecule has 2 nitrogen and oxygen atoms in total. The molecular weight excluding hydrogens is 258 g/mol. The summed E-state index contributed by atoms with van der Waals surface area (Å²) in [6.45, 7) is 11.9. The van der Waals surface area contributed by atoms with E-state index in [4.69, 9.17) is 4.74 Å². The molecule has 1 heterocycles. The number of hydrogen-bond donors (Lipinski definition) is 1. The highest BCUT2D eigenvalue weighted by Crippen LogP contribution is 2.43. The first-order chi connectivity index (χ1) is 10.0. The van der Waals surface area contributed by atoms with Crippen LogP contribution in [0.3, 0.4) is 0 Å². The third-order valence-corrected chi connectivity index (χ3v) is 5.91. The molecule has 0 aromatic heterocycles. The summed E-state index contributed by atoms with van der Waals surface area (Å²) in [6, 6.07) is 0.730. The smallest absolute Gasteiger partial charge is 0.0576 e. The quantitative estimate of drug-likeness (QED) is 0.730. The number of nitrogens with one attached hydrogen (secondary N) is 1. The molecule has 0 bridgehead atoms. The van der Waals surface area contributed by atoms with E-state index in [1.807, 2.05) is 0 Å². The van der Waals surface area contributed by atoms with E-state index in [0.29, 0.717) is 11.5 Å². The Morgan fingerprint density at radius 1 is 1.19 bits per heavy atom. The highest BCUT2D eigenvalue weighted by molar-refractivity contribution is 4.92. The van der Waals surface area contributed by atoms with Crippen molar-refractivity contribution in [2.75, 3.05) is 13.2 Å². The van der Waals surface area contributed by atoms with Crippen molar-refractivity contribution in [2.45, 2.75) is 91.2 Å². The zero-order valence-corrected chi connectivity index (χ0v) is 14.8. The van der Waals surface area contributed by atoms with Gasteiger partial charge in [-0.2, -0.15) is 0 Å². The summed E-state index contributed by atoms with van der Waals surface area (Å²) in [5, 5.41) is 3.85. The summed E-state index contributed by atoms with van der Waals surface area (Å²) in [4.78, 5) is 0.